The number of esters is 1. The zero-order valence-electron chi connectivity index (χ0n) is 17.1. The Balaban J connectivity index is 1.74. The lowest BCUT2D eigenvalue weighted by Gasteiger charge is -2.57. The molecule has 0 aromatic carbocycles. The Labute approximate surface area is 162 Å². The van der Waals surface area contributed by atoms with E-state index in [4.69, 9.17) is 4.74 Å². The highest BCUT2D eigenvalue weighted by Gasteiger charge is 2.62. The highest BCUT2D eigenvalue weighted by atomic mass is 16.5. The van der Waals surface area contributed by atoms with E-state index in [9.17, 15) is 14.4 Å². The van der Waals surface area contributed by atoms with Gasteiger partial charge < -0.3 is 4.74 Å². The Hall–Kier alpha value is -1.45. The van der Waals surface area contributed by atoms with Gasteiger partial charge in [-0.05, 0) is 66.8 Å². The van der Waals surface area contributed by atoms with E-state index in [0.717, 1.165) is 50.5 Å². The lowest BCUT2D eigenvalue weighted by molar-refractivity contribution is -0.143. The SMILES string of the molecule is CCC1CC(=O)[C@@]2(C)CC[C@@H]3[C@@H](CCC4=C(OC(C)=O)C(=O)CC[C@@]43C)[C@H]12. The fraction of sp³-hybridized carbons (Fsp3) is 0.783. The Bertz CT molecular complexity index is 735. The molecule has 1 unspecified atom stereocenters. The molecule has 27 heavy (non-hydrogen) atoms. The van der Waals surface area contributed by atoms with Gasteiger partial charge in [0.05, 0.1) is 0 Å². The van der Waals surface area contributed by atoms with Crippen molar-refractivity contribution >= 4 is 17.5 Å². The molecule has 0 aliphatic heterocycles. The summed E-state index contributed by atoms with van der Waals surface area (Å²) in [5.74, 6) is 2.41. The number of rotatable bonds is 2. The first-order chi connectivity index (χ1) is 12.7. The topological polar surface area (TPSA) is 60.4 Å². The van der Waals surface area contributed by atoms with Gasteiger partial charge in [0.25, 0.3) is 0 Å². The van der Waals surface area contributed by atoms with E-state index in [0.29, 0.717) is 41.6 Å². The zero-order valence-corrected chi connectivity index (χ0v) is 17.1. The molecule has 3 fully saturated rings. The van der Waals surface area contributed by atoms with Gasteiger partial charge in [-0.25, -0.2) is 0 Å². The van der Waals surface area contributed by atoms with Gasteiger partial charge in [-0.3, -0.25) is 14.4 Å². The van der Waals surface area contributed by atoms with Gasteiger partial charge in [0.15, 0.2) is 11.5 Å². The minimum Gasteiger partial charge on any atom is -0.423 e. The van der Waals surface area contributed by atoms with Crippen molar-refractivity contribution in [2.45, 2.75) is 79.1 Å². The molecule has 0 aromatic rings. The third kappa shape index (κ3) is 2.58. The number of carbonyl (C=O) groups excluding carboxylic acids is 3. The fourth-order valence-electron chi connectivity index (χ4n) is 7.37. The quantitative estimate of drug-likeness (QED) is 0.664. The third-order valence-electron chi connectivity index (χ3n) is 8.69. The predicted molar refractivity (Wildman–Crippen MR) is 102 cm³/mol. The second kappa shape index (κ2) is 6.28. The van der Waals surface area contributed by atoms with Crippen LogP contribution in [0.15, 0.2) is 11.3 Å². The molecular formula is C23H32O4. The molecule has 0 bridgehead atoms. The van der Waals surface area contributed by atoms with Crippen LogP contribution in [0.3, 0.4) is 0 Å². The first-order valence-corrected chi connectivity index (χ1v) is 10.7. The monoisotopic (exact) mass is 372 g/mol. The van der Waals surface area contributed by atoms with Crippen LogP contribution in [0.25, 0.3) is 0 Å². The van der Waals surface area contributed by atoms with Crippen molar-refractivity contribution in [2.24, 2.45) is 34.5 Å². The van der Waals surface area contributed by atoms with E-state index in [1.807, 2.05) is 0 Å². The molecule has 4 aliphatic carbocycles. The number of hydrogen-bond donors (Lipinski definition) is 0. The Morgan fingerprint density at radius 3 is 2.52 bits per heavy atom. The van der Waals surface area contributed by atoms with E-state index in [1.54, 1.807) is 0 Å². The van der Waals surface area contributed by atoms with Crippen molar-refractivity contribution < 1.29 is 19.1 Å². The van der Waals surface area contributed by atoms with Gasteiger partial charge in [-0.15, -0.1) is 0 Å². The number of carbonyl (C=O) groups is 3. The number of ketones is 2. The number of Topliss-reactive ketones (excluding diaryl/α,β-unsaturated/α-hetero) is 2. The number of allylic oxidation sites excluding steroid dienone is 1. The molecule has 4 heteroatoms. The highest BCUT2D eigenvalue weighted by molar-refractivity contribution is 5.97. The number of hydrogen-bond acceptors (Lipinski definition) is 4. The van der Waals surface area contributed by atoms with Gasteiger partial charge in [-0.1, -0.05) is 27.2 Å². The average molecular weight is 373 g/mol. The molecule has 0 saturated heterocycles. The predicted octanol–water partition coefficient (Wildman–Crippen LogP) is 4.61. The Morgan fingerprint density at radius 1 is 1.11 bits per heavy atom. The van der Waals surface area contributed by atoms with Crippen LogP contribution in [0.5, 0.6) is 0 Å². The Kier molecular flexibility index (Phi) is 4.40. The molecule has 4 rings (SSSR count). The van der Waals surface area contributed by atoms with Crippen molar-refractivity contribution in [3.63, 3.8) is 0 Å². The van der Waals surface area contributed by atoms with Gasteiger partial charge in [-0.2, -0.15) is 0 Å². The van der Waals surface area contributed by atoms with Crippen LogP contribution < -0.4 is 0 Å². The van der Waals surface area contributed by atoms with Crippen LogP contribution in [0.4, 0.5) is 0 Å². The average Bonchev–Trinajstić information content (AvgIpc) is 2.88. The van der Waals surface area contributed by atoms with Crippen LogP contribution in [0, 0.1) is 34.5 Å². The van der Waals surface area contributed by atoms with Crippen molar-refractivity contribution in [1.82, 2.24) is 0 Å². The molecule has 0 radical (unpaired) electrons. The molecule has 4 aliphatic rings. The number of fused-ring (bicyclic) bond motifs is 5. The van der Waals surface area contributed by atoms with Crippen molar-refractivity contribution in [2.75, 3.05) is 0 Å². The van der Waals surface area contributed by atoms with Crippen molar-refractivity contribution in [3.05, 3.63) is 11.3 Å². The van der Waals surface area contributed by atoms with Gasteiger partial charge in [0, 0.05) is 25.2 Å². The zero-order chi connectivity index (χ0) is 19.6. The first kappa shape index (κ1) is 18.9. The normalized spacial score (nSPS) is 43.9. The second-order valence-electron chi connectivity index (χ2n) is 9.83. The van der Waals surface area contributed by atoms with Gasteiger partial charge in [0.1, 0.15) is 5.78 Å². The summed E-state index contributed by atoms with van der Waals surface area (Å²) < 4.78 is 5.42. The third-order valence-corrected chi connectivity index (χ3v) is 8.69. The summed E-state index contributed by atoms with van der Waals surface area (Å²) in [6, 6.07) is 0. The van der Waals surface area contributed by atoms with Crippen LogP contribution in [-0.4, -0.2) is 17.5 Å². The summed E-state index contributed by atoms with van der Waals surface area (Å²) in [6.07, 6.45) is 6.98. The van der Waals surface area contributed by atoms with E-state index < -0.39 is 5.97 Å². The lowest BCUT2D eigenvalue weighted by Crippen LogP contribution is -2.52. The molecule has 3 saturated carbocycles. The lowest BCUT2D eigenvalue weighted by atomic mass is 9.46. The molecule has 0 aromatic heterocycles. The standard InChI is InChI=1S/C23H32O4/c1-5-14-12-19(26)23(4)10-8-16-15(20(14)23)6-7-17-21(27-13(2)24)18(25)9-11-22(16,17)3/h14-16,20H,5-12H2,1-4H3/t14?,15-,16-,20+,22-,23-/m1/s1. The second-order valence-corrected chi connectivity index (χ2v) is 9.83. The number of ether oxygens (including phenoxy) is 1. The molecule has 0 spiro atoms. The molecule has 148 valence electrons. The van der Waals surface area contributed by atoms with Crippen molar-refractivity contribution in [1.29, 1.82) is 0 Å². The van der Waals surface area contributed by atoms with Crippen LogP contribution in [0.1, 0.15) is 79.1 Å². The minimum absolute atomic E-state index is 0.0146. The molecule has 4 nitrogen and oxygen atoms in total. The van der Waals surface area contributed by atoms with Crippen LogP contribution >= 0.6 is 0 Å². The van der Waals surface area contributed by atoms with Crippen LogP contribution in [-0.2, 0) is 19.1 Å². The smallest absolute Gasteiger partial charge is 0.308 e. The maximum absolute atomic E-state index is 12.8. The summed E-state index contributed by atoms with van der Waals surface area (Å²) in [6.45, 7) is 8.10. The molecule has 0 N–H and O–H groups in total. The largest absolute Gasteiger partial charge is 0.423 e. The summed E-state index contributed by atoms with van der Waals surface area (Å²) in [7, 11) is 0. The summed E-state index contributed by atoms with van der Waals surface area (Å²) in [5, 5.41) is 0. The molecular weight excluding hydrogens is 340 g/mol. The van der Waals surface area contributed by atoms with Crippen molar-refractivity contribution in [3.8, 4) is 0 Å². The van der Waals surface area contributed by atoms with Gasteiger partial charge >= 0.3 is 5.97 Å². The summed E-state index contributed by atoms with van der Waals surface area (Å²) in [5.41, 5.74) is 0.853. The maximum atomic E-state index is 12.8. The summed E-state index contributed by atoms with van der Waals surface area (Å²) >= 11 is 0. The van der Waals surface area contributed by atoms with E-state index >= 15 is 0 Å². The fourth-order valence-corrected chi connectivity index (χ4v) is 7.37. The van der Waals surface area contributed by atoms with E-state index in [1.165, 1.54) is 6.92 Å². The maximum Gasteiger partial charge on any atom is 0.308 e. The van der Waals surface area contributed by atoms with Gasteiger partial charge in [0.2, 0.25) is 0 Å². The van der Waals surface area contributed by atoms with E-state index in [2.05, 4.69) is 20.8 Å². The minimum atomic E-state index is -0.402. The Morgan fingerprint density at radius 2 is 1.85 bits per heavy atom. The van der Waals surface area contributed by atoms with Crippen LogP contribution in [0.2, 0.25) is 0 Å². The molecule has 0 amide bonds. The molecule has 6 atom stereocenters. The van der Waals surface area contributed by atoms with E-state index in [-0.39, 0.29) is 16.6 Å². The summed E-state index contributed by atoms with van der Waals surface area (Å²) in [4.78, 5) is 36.9. The first-order valence-electron chi connectivity index (χ1n) is 10.7. The molecule has 0 heterocycles. The highest BCUT2D eigenvalue weighted by Crippen LogP contribution is 2.66.